The molecule has 21 heavy (non-hydrogen) atoms. The second-order valence-electron chi connectivity index (χ2n) is 5.94. The number of halogens is 1. The quantitative estimate of drug-likeness (QED) is 0.378. The lowest BCUT2D eigenvalue weighted by Crippen LogP contribution is -2.59. The average molecular weight is 314 g/mol. The molecule has 1 heterocycles. The number of quaternary nitrogens is 1. The van der Waals surface area contributed by atoms with Crippen LogP contribution < -0.4 is 10.8 Å². The van der Waals surface area contributed by atoms with Crippen molar-refractivity contribution in [2.75, 3.05) is 57.6 Å². The summed E-state index contributed by atoms with van der Waals surface area (Å²) in [5, 5.41) is 11.0. The van der Waals surface area contributed by atoms with E-state index >= 15 is 0 Å². The molecule has 1 saturated heterocycles. The average Bonchev–Trinajstić information content (AvgIpc) is 2.44. The van der Waals surface area contributed by atoms with E-state index in [1.165, 1.54) is 6.07 Å². The van der Waals surface area contributed by atoms with E-state index in [1.54, 1.807) is 12.1 Å². The van der Waals surface area contributed by atoms with Crippen LogP contribution in [0.25, 0.3) is 0 Å². The first-order valence-corrected chi connectivity index (χ1v) is 7.27. The van der Waals surface area contributed by atoms with Crippen molar-refractivity contribution in [2.24, 2.45) is 0 Å². The summed E-state index contributed by atoms with van der Waals surface area (Å²) in [6, 6.07) is 4.63. The van der Waals surface area contributed by atoms with Crippen LogP contribution in [0.2, 0.25) is 5.02 Å². The molecule has 1 fully saturated rings. The summed E-state index contributed by atoms with van der Waals surface area (Å²) in [7, 11) is 4.11. The molecule has 0 bridgehead atoms. The summed E-state index contributed by atoms with van der Waals surface area (Å²) in [6.07, 6.45) is 0. The van der Waals surface area contributed by atoms with E-state index in [4.69, 9.17) is 17.3 Å². The molecule has 1 amide bonds. The van der Waals surface area contributed by atoms with Gasteiger partial charge < -0.3 is 10.2 Å². The van der Waals surface area contributed by atoms with Crippen LogP contribution in [0.4, 0.5) is 11.4 Å². The minimum atomic E-state index is -0.345. The predicted octanol–water partition coefficient (Wildman–Crippen LogP) is 1.04. The Labute approximate surface area is 129 Å². The van der Waals surface area contributed by atoms with Crippen LogP contribution in [0.5, 0.6) is 0 Å². The Balaban J connectivity index is 2.03. The van der Waals surface area contributed by atoms with Gasteiger partial charge in [-0.15, -0.1) is 0 Å². The van der Waals surface area contributed by atoms with Crippen LogP contribution in [0.3, 0.4) is 0 Å². The van der Waals surface area contributed by atoms with Crippen molar-refractivity contribution >= 4 is 28.9 Å². The number of anilines is 2. The van der Waals surface area contributed by atoms with E-state index in [0.29, 0.717) is 25.9 Å². The van der Waals surface area contributed by atoms with Crippen molar-refractivity contribution in [2.45, 2.75) is 0 Å². The SMILES string of the molecule is CN1CC[N+](C)(CC(=O)N(O)c2ccc(N)c(Cl)c2)CC1. The number of likely N-dealkylation sites (N-methyl/N-ethyl adjacent to an activating group) is 2. The molecule has 0 aliphatic carbocycles. The second kappa shape index (κ2) is 6.19. The van der Waals surface area contributed by atoms with Gasteiger partial charge in [0, 0.05) is 13.1 Å². The van der Waals surface area contributed by atoms with Crippen molar-refractivity contribution in [3.05, 3.63) is 23.2 Å². The van der Waals surface area contributed by atoms with Gasteiger partial charge in [-0.25, -0.2) is 0 Å². The first kappa shape index (κ1) is 16.0. The number of nitrogen functional groups attached to an aromatic ring is 1. The summed E-state index contributed by atoms with van der Waals surface area (Å²) in [5.41, 5.74) is 6.37. The number of rotatable bonds is 3. The number of nitrogens with two attached hydrogens (primary N) is 1. The highest BCUT2D eigenvalue weighted by molar-refractivity contribution is 6.33. The summed E-state index contributed by atoms with van der Waals surface area (Å²) >= 11 is 5.91. The van der Waals surface area contributed by atoms with Gasteiger partial charge in [0.15, 0.2) is 6.54 Å². The summed E-state index contributed by atoms with van der Waals surface area (Å²) in [6.45, 7) is 3.93. The zero-order chi connectivity index (χ0) is 15.6. The number of carbonyl (C=O) groups excluding carboxylic acids is 1. The van der Waals surface area contributed by atoms with Crippen LogP contribution in [-0.2, 0) is 4.79 Å². The highest BCUT2D eigenvalue weighted by Crippen LogP contribution is 2.25. The number of hydrogen-bond acceptors (Lipinski definition) is 4. The molecule has 1 aromatic rings. The van der Waals surface area contributed by atoms with Crippen molar-refractivity contribution in [3.8, 4) is 0 Å². The highest BCUT2D eigenvalue weighted by Gasteiger charge is 2.31. The van der Waals surface area contributed by atoms with Gasteiger partial charge in [-0.1, -0.05) is 11.6 Å². The van der Waals surface area contributed by atoms with Crippen molar-refractivity contribution < 1.29 is 14.5 Å². The number of nitrogens with zero attached hydrogens (tertiary/aromatic N) is 3. The fraction of sp³-hybridized carbons (Fsp3) is 0.500. The van der Waals surface area contributed by atoms with E-state index < -0.39 is 0 Å². The lowest BCUT2D eigenvalue weighted by Gasteiger charge is -2.40. The van der Waals surface area contributed by atoms with Crippen LogP contribution in [0.1, 0.15) is 0 Å². The standard InChI is InChI=1S/C14H22ClN4O2/c1-17-5-7-19(2,8-6-17)10-14(20)18(21)11-3-4-13(16)12(15)9-11/h3-4,9,21H,5-8,10,16H2,1-2H3/q+1. The Morgan fingerprint density at radius 3 is 2.67 bits per heavy atom. The second-order valence-corrected chi connectivity index (χ2v) is 6.35. The molecular weight excluding hydrogens is 292 g/mol. The molecule has 0 saturated carbocycles. The van der Waals surface area contributed by atoms with Crippen molar-refractivity contribution in [3.63, 3.8) is 0 Å². The zero-order valence-electron chi connectivity index (χ0n) is 12.4. The fourth-order valence-electron chi connectivity index (χ4n) is 2.39. The van der Waals surface area contributed by atoms with Gasteiger partial charge in [0.05, 0.1) is 36.5 Å². The molecule has 1 aliphatic rings. The molecule has 1 aromatic carbocycles. The molecule has 116 valence electrons. The monoisotopic (exact) mass is 313 g/mol. The smallest absolute Gasteiger partial charge is 0.305 e. The van der Waals surface area contributed by atoms with Gasteiger partial charge in [0.25, 0.3) is 0 Å². The molecule has 1 aliphatic heterocycles. The summed E-state index contributed by atoms with van der Waals surface area (Å²) in [5.74, 6) is -0.345. The maximum atomic E-state index is 12.3. The van der Waals surface area contributed by atoms with Crippen LogP contribution in [0, 0.1) is 0 Å². The minimum Gasteiger partial charge on any atom is -0.398 e. The number of hydroxylamine groups is 1. The molecular formula is C14H22ClN4O2+. The number of benzene rings is 1. The first-order valence-electron chi connectivity index (χ1n) is 6.90. The minimum absolute atomic E-state index is 0.256. The number of hydrogen-bond donors (Lipinski definition) is 2. The lowest BCUT2D eigenvalue weighted by molar-refractivity contribution is -0.906. The number of piperazine rings is 1. The summed E-state index contributed by atoms with van der Waals surface area (Å²) < 4.78 is 0.628. The molecule has 6 nitrogen and oxygen atoms in total. The number of amides is 1. The Bertz CT molecular complexity index is 530. The van der Waals surface area contributed by atoms with Gasteiger partial charge in [-0.05, 0) is 25.2 Å². The van der Waals surface area contributed by atoms with Gasteiger partial charge in [-0.2, -0.15) is 5.06 Å². The third-order valence-corrected chi connectivity index (χ3v) is 4.35. The zero-order valence-corrected chi connectivity index (χ0v) is 13.2. The van der Waals surface area contributed by atoms with Crippen molar-refractivity contribution in [1.29, 1.82) is 0 Å². The molecule has 3 N–H and O–H groups in total. The fourth-order valence-corrected chi connectivity index (χ4v) is 2.57. The lowest BCUT2D eigenvalue weighted by atomic mass is 10.2. The highest BCUT2D eigenvalue weighted by atomic mass is 35.5. The molecule has 0 aromatic heterocycles. The Hall–Kier alpha value is -1.34. The summed E-state index contributed by atoms with van der Waals surface area (Å²) in [4.78, 5) is 14.5. The van der Waals surface area contributed by atoms with E-state index in [1.807, 2.05) is 7.05 Å². The maximum absolute atomic E-state index is 12.3. The van der Waals surface area contributed by atoms with Gasteiger partial charge >= 0.3 is 5.91 Å². The predicted molar refractivity (Wildman–Crippen MR) is 83.4 cm³/mol. The normalized spacial score (nSPS) is 18.5. The van der Waals surface area contributed by atoms with Crippen LogP contribution in [-0.4, -0.2) is 67.3 Å². The Morgan fingerprint density at radius 2 is 2.10 bits per heavy atom. The molecule has 2 rings (SSSR count). The van der Waals surface area contributed by atoms with Gasteiger partial charge in [-0.3, -0.25) is 14.9 Å². The molecule has 0 atom stereocenters. The van der Waals surface area contributed by atoms with Gasteiger partial charge in [0.1, 0.15) is 0 Å². The third-order valence-electron chi connectivity index (χ3n) is 4.02. The van der Waals surface area contributed by atoms with E-state index in [9.17, 15) is 10.0 Å². The Kier molecular flexibility index (Phi) is 4.73. The molecule has 0 unspecified atom stereocenters. The van der Waals surface area contributed by atoms with Crippen molar-refractivity contribution in [1.82, 2.24) is 4.90 Å². The van der Waals surface area contributed by atoms with Gasteiger partial charge in [0.2, 0.25) is 0 Å². The van der Waals surface area contributed by atoms with E-state index in [-0.39, 0.29) is 12.5 Å². The largest absolute Gasteiger partial charge is 0.398 e. The Morgan fingerprint density at radius 1 is 1.48 bits per heavy atom. The van der Waals surface area contributed by atoms with E-state index in [2.05, 4.69) is 11.9 Å². The number of carbonyl (C=O) groups is 1. The molecule has 0 radical (unpaired) electrons. The first-order chi connectivity index (χ1) is 9.81. The molecule has 7 heteroatoms. The topological polar surface area (TPSA) is 69.8 Å². The third kappa shape index (κ3) is 3.85. The van der Waals surface area contributed by atoms with Crippen LogP contribution in [0.15, 0.2) is 18.2 Å². The maximum Gasteiger partial charge on any atom is 0.305 e. The van der Waals surface area contributed by atoms with E-state index in [0.717, 1.165) is 26.2 Å². The molecule has 0 spiro atoms. The van der Waals surface area contributed by atoms with Crippen LogP contribution >= 0.6 is 11.6 Å².